The lowest BCUT2D eigenvalue weighted by atomic mass is 10.2. The van der Waals surface area contributed by atoms with Crippen LogP contribution in [0.5, 0.6) is 0 Å². The van der Waals surface area contributed by atoms with E-state index >= 15 is 0 Å². The number of aryl methyl sites for hydroxylation is 2. The molecule has 0 aliphatic carbocycles. The van der Waals surface area contributed by atoms with Crippen LogP contribution >= 0.6 is 0 Å². The third kappa shape index (κ3) is 1.77. The molecule has 0 amide bonds. The van der Waals surface area contributed by atoms with Crippen molar-refractivity contribution < 1.29 is 4.92 Å². The van der Waals surface area contributed by atoms with Gasteiger partial charge in [-0.15, -0.1) is 0 Å². The van der Waals surface area contributed by atoms with Crippen LogP contribution in [-0.2, 0) is 7.05 Å². The van der Waals surface area contributed by atoms with Crippen molar-refractivity contribution in [2.45, 2.75) is 6.92 Å². The Balaban J connectivity index is 2.55. The lowest BCUT2D eigenvalue weighted by Crippen LogP contribution is -1.91. The molecule has 0 bridgehead atoms. The van der Waals surface area contributed by atoms with E-state index in [1.165, 1.54) is 10.9 Å². The lowest BCUT2D eigenvalue weighted by Gasteiger charge is -1.96. The molecule has 2 aromatic heterocycles. The molecule has 0 aliphatic heterocycles. The zero-order valence-electron chi connectivity index (χ0n) is 8.91. The summed E-state index contributed by atoms with van der Waals surface area (Å²) in [6.07, 6.45) is 3.03. The first-order valence-electron chi connectivity index (χ1n) is 4.69. The van der Waals surface area contributed by atoms with Crippen LogP contribution in [0.1, 0.15) is 5.56 Å². The summed E-state index contributed by atoms with van der Waals surface area (Å²) in [5, 5.41) is 14.8. The Kier molecular flexibility index (Phi) is 2.40. The molecule has 2 rings (SSSR count). The summed E-state index contributed by atoms with van der Waals surface area (Å²) < 4.78 is 1.41. The summed E-state index contributed by atoms with van der Waals surface area (Å²) in [5.74, 6) is 0. The standard InChI is InChI=1S/C10H10N4O2/c1-7-3-4-8(11-5-7)10-9(14(15)16)6-13(2)12-10/h3-6H,1-2H3. The topological polar surface area (TPSA) is 73.8 Å². The quantitative estimate of drug-likeness (QED) is 0.568. The third-order valence-corrected chi connectivity index (χ3v) is 2.16. The second kappa shape index (κ2) is 3.73. The summed E-state index contributed by atoms with van der Waals surface area (Å²) in [7, 11) is 1.64. The zero-order valence-corrected chi connectivity index (χ0v) is 8.91. The molecular weight excluding hydrogens is 208 g/mol. The molecular formula is C10H10N4O2. The van der Waals surface area contributed by atoms with Crippen molar-refractivity contribution in [3.05, 3.63) is 40.2 Å². The summed E-state index contributed by atoms with van der Waals surface area (Å²) in [6.45, 7) is 1.91. The van der Waals surface area contributed by atoms with Gasteiger partial charge < -0.3 is 0 Å². The Morgan fingerprint density at radius 2 is 2.19 bits per heavy atom. The first kappa shape index (κ1) is 10.3. The number of pyridine rings is 1. The summed E-state index contributed by atoms with van der Waals surface area (Å²) in [5.41, 5.74) is 1.78. The average Bonchev–Trinajstić information content (AvgIpc) is 2.61. The van der Waals surface area contributed by atoms with Gasteiger partial charge in [-0.05, 0) is 18.6 Å². The molecule has 0 aliphatic rings. The van der Waals surface area contributed by atoms with E-state index < -0.39 is 4.92 Å². The molecule has 0 radical (unpaired) electrons. The predicted octanol–water partition coefficient (Wildman–Crippen LogP) is 1.70. The van der Waals surface area contributed by atoms with Crippen molar-refractivity contribution in [2.75, 3.05) is 0 Å². The van der Waals surface area contributed by atoms with Gasteiger partial charge in [-0.25, -0.2) is 0 Å². The molecule has 0 aromatic carbocycles. The number of rotatable bonds is 2. The van der Waals surface area contributed by atoms with E-state index in [0.29, 0.717) is 11.4 Å². The van der Waals surface area contributed by atoms with Gasteiger partial charge in [-0.3, -0.25) is 19.8 Å². The van der Waals surface area contributed by atoms with Gasteiger partial charge in [0, 0.05) is 13.2 Å². The molecule has 0 atom stereocenters. The second-order valence-corrected chi connectivity index (χ2v) is 3.51. The molecule has 82 valence electrons. The van der Waals surface area contributed by atoms with Gasteiger partial charge in [0.15, 0.2) is 5.69 Å². The molecule has 6 heteroatoms. The molecule has 6 nitrogen and oxygen atoms in total. The van der Waals surface area contributed by atoms with E-state index in [1.54, 1.807) is 19.3 Å². The van der Waals surface area contributed by atoms with Crippen LogP contribution in [0.25, 0.3) is 11.4 Å². The number of hydrogen-bond donors (Lipinski definition) is 0. The number of nitrogens with zero attached hydrogens (tertiary/aromatic N) is 4. The largest absolute Gasteiger partial charge is 0.316 e. The fourth-order valence-corrected chi connectivity index (χ4v) is 1.40. The Morgan fingerprint density at radius 3 is 2.75 bits per heavy atom. The van der Waals surface area contributed by atoms with E-state index in [0.717, 1.165) is 5.56 Å². The van der Waals surface area contributed by atoms with Crippen LogP contribution in [0.3, 0.4) is 0 Å². The Hall–Kier alpha value is -2.24. The lowest BCUT2D eigenvalue weighted by molar-refractivity contribution is -0.384. The average molecular weight is 218 g/mol. The third-order valence-electron chi connectivity index (χ3n) is 2.16. The Morgan fingerprint density at radius 1 is 1.44 bits per heavy atom. The predicted molar refractivity (Wildman–Crippen MR) is 57.8 cm³/mol. The van der Waals surface area contributed by atoms with E-state index in [9.17, 15) is 10.1 Å². The molecule has 16 heavy (non-hydrogen) atoms. The summed E-state index contributed by atoms with van der Waals surface area (Å²) >= 11 is 0. The van der Waals surface area contributed by atoms with Crippen LogP contribution < -0.4 is 0 Å². The van der Waals surface area contributed by atoms with Crippen molar-refractivity contribution in [1.29, 1.82) is 0 Å². The molecule has 0 spiro atoms. The smallest absolute Gasteiger partial charge is 0.268 e. The van der Waals surface area contributed by atoms with Crippen molar-refractivity contribution in [3.63, 3.8) is 0 Å². The fourth-order valence-electron chi connectivity index (χ4n) is 1.40. The van der Waals surface area contributed by atoms with Crippen LogP contribution in [-0.4, -0.2) is 19.7 Å². The maximum Gasteiger partial charge on any atom is 0.316 e. The van der Waals surface area contributed by atoms with Gasteiger partial charge in [0.25, 0.3) is 0 Å². The van der Waals surface area contributed by atoms with Gasteiger partial charge in [0.2, 0.25) is 0 Å². The maximum absolute atomic E-state index is 10.8. The number of aromatic nitrogens is 3. The fraction of sp³-hybridized carbons (Fsp3) is 0.200. The maximum atomic E-state index is 10.8. The minimum atomic E-state index is -0.454. The molecule has 0 fully saturated rings. The van der Waals surface area contributed by atoms with Crippen molar-refractivity contribution in [3.8, 4) is 11.4 Å². The van der Waals surface area contributed by atoms with Crippen molar-refractivity contribution in [1.82, 2.24) is 14.8 Å². The minimum absolute atomic E-state index is 0.0288. The van der Waals surface area contributed by atoms with Gasteiger partial charge in [-0.2, -0.15) is 5.10 Å². The Labute approximate surface area is 91.7 Å². The monoisotopic (exact) mass is 218 g/mol. The van der Waals surface area contributed by atoms with E-state index in [-0.39, 0.29) is 5.69 Å². The van der Waals surface area contributed by atoms with Gasteiger partial charge in [0.05, 0.1) is 10.6 Å². The normalized spacial score (nSPS) is 10.4. The highest BCUT2D eigenvalue weighted by Gasteiger charge is 2.20. The van der Waals surface area contributed by atoms with E-state index in [4.69, 9.17) is 0 Å². The van der Waals surface area contributed by atoms with E-state index in [1.807, 2.05) is 13.0 Å². The molecule has 0 saturated heterocycles. The van der Waals surface area contributed by atoms with Crippen molar-refractivity contribution >= 4 is 5.69 Å². The molecule has 0 unspecified atom stereocenters. The first-order valence-corrected chi connectivity index (χ1v) is 4.69. The van der Waals surface area contributed by atoms with E-state index in [2.05, 4.69) is 10.1 Å². The van der Waals surface area contributed by atoms with Gasteiger partial charge in [-0.1, -0.05) is 6.07 Å². The molecule has 2 heterocycles. The molecule has 2 aromatic rings. The van der Waals surface area contributed by atoms with Crippen LogP contribution in [0, 0.1) is 17.0 Å². The summed E-state index contributed by atoms with van der Waals surface area (Å²) in [4.78, 5) is 14.5. The van der Waals surface area contributed by atoms with Crippen molar-refractivity contribution in [2.24, 2.45) is 7.05 Å². The minimum Gasteiger partial charge on any atom is -0.268 e. The highest BCUT2D eigenvalue weighted by Crippen LogP contribution is 2.26. The zero-order chi connectivity index (χ0) is 11.7. The second-order valence-electron chi connectivity index (χ2n) is 3.51. The molecule has 0 saturated carbocycles. The van der Waals surface area contributed by atoms with Crippen LogP contribution in [0.2, 0.25) is 0 Å². The van der Waals surface area contributed by atoms with Gasteiger partial charge in [0.1, 0.15) is 6.20 Å². The number of nitro groups is 1. The Bertz CT molecular complexity index is 530. The van der Waals surface area contributed by atoms with Gasteiger partial charge >= 0.3 is 5.69 Å². The molecule has 0 N–H and O–H groups in total. The SMILES string of the molecule is Cc1ccc(-c2nn(C)cc2[N+](=O)[O-])nc1. The summed E-state index contributed by atoms with van der Waals surface area (Å²) in [6, 6.07) is 3.57. The van der Waals surface area contributed by atoms with Crippen LogP contribution in [0.4, 0.5) is 5.69 Å². The highest BCUT2D eigenvalue weighted by molar-refractivity contribution is 5.65. The number of hydrogen-bond acceptors (Lipinski definition) is 4. The first-order chi connectivity index (χ1) is 7.58. The van der Waals surface area contributed by atoms with Crippen LogP contribution in [0.15, 0.2) is 24.5 Å². The highest BCUT2D eigenvalue weighted by atomic mass is 16.6.